The van der Waals surface area contributed by atoms with E-state index in [0.29, 0.717) is 6.42 Å². The molecule has 0 aliphatic carbocycles. The summed E-state index contributed by atoms with van der Waals surface area (Å²) in [4.78, 5) is 10.4. The molecule has 4 aromatic rings. The minimum atomic E-state index is -0.387. The van der Waals surface area contributed by atoms with Crippen LogP contribution in [0.2, 0.25) is 0 Å². The van der Waals surface area contributed by atoms with Crippen molar-refractivity contribution in [1.29, 1.82) is 0 Å². The number of methoxy groups -OCH3 is 2. The number of hydrogen-bond acceptors (Lipinski definition) is 4. The zero-order chi connectivity index (χ0) is 19.7. The molecule has 28 heavy (non-hydrogen) atoms. The third-order valence-corrected chi connectivity index (χ3v) is 4.95. The summed E-state index contributed by atoms with van der Waals surface area (Å²) in [6, 6.07) is 20.9. The van der Waals surface area contributed by atoms with Crippen LogP contribution in [0, 0.1) is 10.1 Å². The Hall–Kier alpha value is -3.60. The smallest absolute Gasteiger partial charge is 0.269 e. The molecule has 4 rings (SSSR count). The van der Waals surface area contributed by atoms with Crippen LogP contribution in [0.1, 0.15) is 11.1 Å². The summed E-state index contributed by atoms with van der Waals surface area (Å²) in [5.41, 5.74) is 2.20. The predicted octanol–water partition coefficient (Wildman–Crippen LogP) is 5.51. The summed E-state index contributed by atoms with van der Waals surface area (Å²) in [6.45, 7) is 0. The largest absolute Gasteiger partial charge is 0.495 e. The fraction of sp³-hybridized carbons (Fsp3) is 0.130. The quantitative estimate of drug-likeness (QED) is 0.263. The fourth-order valence-corrected chi connectivity index (χ4v) is 3.67. The Labute approximate surface area is 162 Å². The Kier molecular flexibility index (Phi) is 4.57. The third-order valence-electron chi connectivity index (χ3n) is 4.95. The zero-order valence-corrected chi connectivity index (χ0v) is 15.6. The minimum Gasteiger partial charge on any atom is -0.495 e. The number of rotatable bonds is 5. The number of fused-ring (bicyclic) bond motifs is 2. The molecule has 0 spiro atoms. The fourth-order valence-electron chi connectivity index (χ4n) is 3.67. The Balaban J connectivity index is 1.84. The van der Waals surface area contributed by atoms with Crippen molar-refractivity contribution in [1.82, 2.24) is 0 Å². The van der Waals surface area contributed by atoms with E-state index in [1.807, 2.05) is 30.3 Å². The Morgan fingerprint density at radius 2 is 1.29 bits per heavy atom. The van der Waals surface area contributed by atoms with Crippen molar-refractivity contribution in [2.75, 3.05) is 14.2 Å². The lowest BCUT2D eigenvalue weighted by Gasteiger charge is -2.16. The van der Waals surface area contributed by atoms with Crippen LogP contribution < -0.4 is 9.47 Å². The summed E-state index contributed by atoms with van der Waals surface area (Å²) in [7, 11) is 3.36. The maximum Gasteiger partial charge on any atom is 0.269 e. The average molecular weight is 373 g/mol. The van der Waals surface area contributed by atoms with E-state index >= 15 is 0 Å². The first-order chi connectivity index (χ1) is 13.6. The van der Waals surface area contributed by atoms with Crippen LogP contribution in [-0.2, 0) is 6.42 Å². The standard InChI is InChI=1S/C23H19NO4/c1-27-22-18-5-3-4-6-19(18)23(28-2)21-14-16(9-12-20(21)22)13-15-7-10-17(11-8-15)24(25)26/h3-12,14H,13H2,1-2H3. The minimum absolute atomic E-state index is 0.0973. The molecular weight excluding hydrogens is 354 g/mol. The highest BCUT2D eigenvalue weighted by Gasteiger charge is 2.15. The van der Waals surface area contributed by atoms with Gasteiger partial charge in [0, 0.05) is 33.7 Å². The van der Waals surface area contributed by atoms with Gasteiger partial charge in [0.2, 0.25) is 0 Å². The second-order valence-corrected chi connectivity index (χ2v) is 6.59. The molecule has 0 saturated heterocycles. The maximum absolute atomic E-state index is 10.8. The molecule has 0 heterocycles. The summed E-state index contributed by atoms with van der Waals surface area (Å²) in [6.07, 6.45) is 0.673. The van der Waals surface area contributed by atoms with E-state index in [1.54, 1.807) is 26.4 Å². The number of ether oxygens (including phenoxy) is 2. The van der Waals surface area contributed by atoms with E-state index in [2.05, 4.69) is 12.1 Å². The first-order valence-corrected chi connectivity index (χ1v) is 8.91. The first-order valence-electron chi connectivity index (χ1n) is 8.91. The highest BCUT2D eigenvalue weighted by Crippen LogP contribution is 2.42. The van der Waals surface area contributed by atoms with Gasteiger partial charge >= 0.3 is 0 Å². The van der Waals surface area contributed by atoms with Crippen LogP contribution in [-0.4, -0.2) is 19.1 Å². The van der Waals surface area contributed by atoms with Gasteiger partial charge < -0.3 is 9.47 Å². The van der Waals surface area contributed by atoms with Crippen molar-refractivity contribution in [2.45, 2.75) is 6.42 Å². The molecular formula is C23H19NO4. The Bertz CT molecular complexity index is 1180. The molecule has 0 saturated carbocycles. The average Bonchev–Trinajstić information content (AvgIpc) is 2.72. The van der Waals surface area contributed by atoms with Gasteiger partial charge in [0.05, 0.1) is 19.1 Å². The third kappa shape index (κ3) is 3.01. The van der Waals surface area contributed by atoms with Crippen molar-refractivity contribution in [3.05, 3.63) is 88.0 Å². The topological polar surface area (TPSA) is 61.6 Å². The van der Waals surface area contributed by atoms with Gasteiger partial charge in [0.1, 0.15) is 11.5 Å². The summed E-state index contributed by atoms with van der Waals surface area (Å²) in [5, 5.41) is 14.8. The van der Waals surface area contributed by atoms with E-state index in [-0.39, 0.29) is 10.6 Å². The molecule has 4 aromatic carbocycles. The molecule has 0 N–H and O–H groups in total. The maximum atomic E-state index is 10.8. The molecule has 0 radical (unpaired) electrons. The van der Waals surface area contributed by atoms with Crippen molar-refractivity contribution >= 4 is 27.2 Å². The Morgan fingerprint density at radius 1 is 0.750 bits per heavy atom. The van der Waals surface area contributed by atoms with Crippen LogP contribution in [0.25, 0.3) is 21.5 Å². The van der Waals surface area contributed by atoms with Gasteiger partial charge in [0.15, 0.2) is 0 Å². The number of non-ortho nitro benzene ring substituents is 1. The van der Waals surface area contributed by atoms with Crippen LogP contribution in [0.4, 0.5) is 5.69 Å². The molecule has 0 aliphatic rings. The van der Waals surface area contributed by atoms with E-state index < -0.39 is 0 Å². The van der Waals surface area contributed by atoms with Gasteiger partial charge in [0.25, 0.3) is 5.69 Å². The number of nitro groups is 1. The summed E-state index contributed by atoms with van der Waals surface area (Å²) >= 11 is 0. The molecule has 0 bridgehead atoms. The van der Waals surface area contributed by atoms with E-state index in [4.69, 9.17) is 9.47 Å². The highest BCUT2D eigenvalue weighted by atomic mass is 16.6. The number of benzene rings is 4. The molecule has 5 nitrogen and oxygen atoms in total. The van der Waals surface area contributed by atoms with Gasteiger partial charge in [-0.2, -0.15) is 0 Å². The molecule has 5 heteroatoms. The van der Waals surface area contributed by atoms with Crippen molar-refractivity contribution in [2.24, 2.45) is 0 Å². The van der Waals surface area contributed by atoms with Crippen LogP contribution in [0.5, 0.6) is 11.5 Å². The molecule has 0 atom stereocenters. The molecule has 0 aromatic heterocycles. The second kappa shape index (κ2) is 7.19. The first kappa shape index (κ1) is 17.8. The molecule has 0 amide bonds. The zero-order valence-electron chi connectivity index (χ0n) is 15.6. The van der Waals surface area contributed by atoms with Gasteiger partial charge in [-0.3, -0.25) is 10.1 Å². The lowest BCUT2D eigenvalue weighted by molar-refractivity contribution is -0.384. The highest BCUT2D eigenvalue weighted by molar-refractivity contribution is 6.11. The lowest BCUT2D eigenvalue weighted by Crippen LogP contribution is -1.95. The van der Waals surface area contributed by atoms with Crippen molar-refractivity contribution in [3.63, 3.8) is 0 Å². The molecule has 140 valence electrons. The number of nitro benzene ring substituents is 1. The van der Waals surface area contributed by atoms with Gasteiger partial charge in [-0.25, -0.2) is 0 Å². The van der Waals surface area contributed by atoms with Crippen LogP contribution >= 0.6 is 0 Å². The predicted molar refractivity (Wildman–Crippen MR) is 110 cm³/mol. The monoisotopic (exact) mass is 373 g/mol. The molecule has 0 aliphatic heterocycles. The van der Waals surface area contributed by atoms with Crippen LogP contribution in [0.15, 0.2) is 66.7 Å². The number of hydrogen-bond donors (Lipinski definition) is 0. The van der Waals surface area contributed by atoms with Gasteiger partial charge in [-0.15, -0.1) is 0 Å². The molecule has 0 unspecified atom stereocenters. The molecule has 0 fully saturated rings. The van der Waals surface area contributed by atoms with Crippen LogP contribution in [0.3, 0.4) is 0 Å². The summed E-state index contributed by atoms with van der Waals surface area (Å²) < 4.78 is 11.5. The van der Waals surface area contributed by atoms with Crippen molar-refractivity contribution in [3.8, 4) is 11.5 Å². The second-order valence-electron chi connectivity index (χ2n) is 6.59. The number of nitrogens with zero attached hydrogens (tertiary/aromatic N) is 1. The lowest BCUT2D eigenvalue weighted by atomic mass is 9.96. The SMILES string of the molecule is COc1c2ccccc2c(OC)c2cc(Cc3ccc([N+](=O)[O-])cc3)ccc12. The van der Waals surface area contributed by atoms with E-state index in [1.165, 1.54) is 12.1 Å². The normalized spacial score (nSPS) is 10.9. The van der Waals surface area contributed by atoms with E-state index in [0.717, 1.165) is 44.2 Å². The summed E-state index contributed by atoms with van der Waals surface area (Å²) in [5.74, 6) is 1.64. The van der Waals surface area contributed by atoms with Gasteiger partial charge in [-0.05, 0) is 23.6 Å². The van der Waals surface area contributed by atoms with Gasteiger partial charge in [-0.1, -0.05) is 48.5 Å². The van der Waals surface area contributed by atoms with E-state index in [9.17, 15) is 10.1 Å². The van der Waals surface area contributed by atoms with Crippen molar-refractivity contribution < 1.29 is 14.4 Å². The Morgan fingerprint density at radius 3 is 1.86 bits per heavy atom.